The number of benzene rings is 1. The fourth-order valence-corrected chi connectivity index (χ4v) is 4.81. The number of urea groups is 1. The van der Waals surface area contributed by atoms with E-state index in [0.717, 1.165) is 18.4 Å². The van der Waals surface area contributed by atoms with Gasteiger partial charge >= 0.3 is 12.0 Å². The molecule has 2 aliphatic heterocycles. The number of anilines is 1. The number of ether oxygens (including phenoxy) is 2. The number of nitrogens with two attached hydrogens (primary N) is 1. The Morgan fingerprint density at radius 1 is 1.00 bits per heavy atom. The third kappa shape index (κ3) is 11.9. The summed E-state index contributed by atoms with van der Waals surface area (Å²) in [6.07, 6.45) is 5.92. The van der Waals surface area contributed by atoms with E-state index in [9.17, 15) is 28.8 Å². The first-order valence-electron chi connectivity index (χ1n) is 15.2. The van der Waals surface area contributed by atoms with Crippen LogP contribution in [0.2, 0.25) is 0 Å². The molecule has 1 aromatic rings. The summed E-state index contributed by atoms with van der Waals surface area (Å²) in [7, 11) is 0. The van der Waals surface area contributed by atoms with Gasteiger partial charge in [-0.3, -0.25) is 24.0 Å². The summed E-state index contributed by atoms with van der Waals surface area (Å²) in [5.74, 6) is -2.00. The molecule has 14 heteroatoms. The lowest BCUT2D eigenvalue weighted by Gasteiger charge is -2.25. The lowest BCUT2D eigenvalue weighted by Crippen LogP contribution is -2.54. The molecular weight excluding hydrogens is 584 g/mol. The standard InChI is InChI=1S/C31H44N6O8/c1-19(2)27(36-25(39)9-5-4-6-17-37-26(40)15-14-24-30(37)45-24)29(42)35-23(8-7-16-33-31(32)43)28(41)34-22-12-10-21(11-13-22)18-44-20(3)38/h10-15,19,23-24,27,30H,4-9,16-18H2,1-3H3,(H,34,41)(H,35,42)(H,36,39)(H3,32,33,43)/t23-,24?,27-,30?/m0/s1. The number of primary amides is 1. The van der Waals surface area contributed by atoms with Crippen LogP contribution in [0.5, 0.6) is 0 Å². The zero-order valence-electron chi connectivity index (χ0n) is 26.0. The summed E-state index contributed by atoms with van der Waals surface area (Å²) in [5, 5.41) is 10.8. The van der Waals surface area contributed by atoms with E-state index in [1.54, 1.807) is 49.1 Å². The minimum atomic E-state index is -0.964. The van der Waals surface area contributed by atoms with Crippen molar-refractivity contribution in [2.75, 3.05) is 18.4 Å². The van der Waals surface area contributed by atoms with E-state index < -0.39 is 35.9 Å². The van der Waals surface area contributed by atoms with Crippen LogP contribution in [0.1, 0.15) is 64.9 Å². The summed E-state index contributed by atoms with van der Waals surface area (Å²) >= 11 is 0. The Morgan fingerprint density at radius 2 is 1.73 bits per heavy atom. The topological polar surface area (TPSA) is 202 Å². The van der Waals surface area contributed by atoms with Crippen molar-refractivity contribution in [2.45, 2.75) is 90.3 Å². The smallest absolute Gasteiger partial charge is 0.312 e. The van der Waals surface area contributed by atoms with E-state index in [1.165, 1.54) is 13.0 Å². The van der Waals surface area contributed by atoms with Crippen LogP contribution in [0.4, 0.5) is 10.5 Å². The maximum atomic E-state index is 13.3. The molecule has 2 heterocycles. The van der Waals surface area contributed by atoms with E-state index >= 15 is 0 Å². The van der Waals surface area contributed by atoms with E-state index in [1.807, 2.05) is 0 Å². The molecule has 2 unspecified atom stereocenters. The fraction of sp³-hybridized carbons (Fsp3) is 0.548. The Labute approximate surface area is 262 Å². The zero-order chi connectivity index (χ0) is 32.9. The van der Waals surface area contributed by atoms with Gasteiger partial charge in [-0.15, -0.1) is 0 Å². The molecular formula is C31H44N6O8. The van der Waals surface area contributed by atoms with E-state index in [0.29, 0.717) is 25.1 Å². The molecule has 45 heavy (non-hydrogen) atoms. The molecule has 3 rings (SSSR count). The number of epoxide rings is 1. The molecule has 2 aliphatic rings. The molecule has 4 atom stereocenters. The average Bonchev–Trinajstić information content (AvgIpc) is 3.77. The van der Waals surface area contributed by atoms with Crippen LogP contribution in [-0.2, 0) is 40.1 Å². The van der Waals surface area contributed by atoms with Gasteiger partial charge in [0.15, 0.2) is 6.23 Å². The Morgan fingerprint density at radius 3 is 2.40 bits per heavy atom. The second-order valence-electron chi connectivity index (χ2n) is 11.4. The first kappa shape index (κ1) is 35.0. The minimum absolute atomic E-state index is 0.00323. The number of hydrogen-bond donors (Lipinski definition) is 5. The van der Waals surface area contributed by atoms with Gasteiger partial charge in [-0.05, 0) is 55.4 Å². The van der Waals surface area contributed by atoms with Crippen molar-refractivity contribution >= 4 is 41.3 Å². The number of carbonyl (C=O) groups is 6. The number of rotatable bonds is 18. The van der Waals surface area contributed by atoms with Crippen LogP contribution in [0.15, 0.2) is 36.4 Å². The maximum Gasteiger partial charge on any atom is 0.312 e. The van der Waals surface area contributed by atoms with Crippen molar-refractivity contribution in [3.8, 4) is 0 Å². The van der Waals surface area contributed by atoms with E-state index in [2.05, 4.69) is 21.3 Å². The van der Waals surface area contributed by atoms with E-state index in [-0.39, 0.29) is 56.1 Å². The lowest BCUT2D eigenvalue weighted by molar-refractivity contribution is -0.142. The van der Waals surface area contributed by atoms with Crippen LogP contribution >= 0.6 is 0 Å². The van der Waals surface area contributed by atoms with Crippen LogP contribution in [0.25, 0.3) is 0 Å². The first-order chi connectivity index (χ1) is 21.4. The summed E-state index contributed by atoms with van der Waals surface area (Å²) in [6.45, 7) is 5.78. The molecule has 1 fully saturated rings. The number of hydrogen-bond acceptors (Lipinski definition) is 8. The van der Waals surface area contributed by atoms with Gasteiger partial charge in [0.2, 0.25) is 23.6 Å². The van der Waals surface area contributed by atoms with E-state index in [4.69, 9.17) is 15.2 Å². The fourth-order valence-electron chi connectivity index (χ4n) is 4.81. The van der Waals surface area contributed by atoms with Crippen LogP contribution < -0.4 is 27.0 Å². The van der Waals surface area contributed by atoms with Gasteiger partial charge in [-0.1, -0.05) is 32.4 Å². The second-order valence-corrected chi connectivity index (χ2v) is 11.4. The zero-order valence-corrected chi connectivity index (χ0v) is 26.0. The van der Waals surface area contributed by atoms with Crippen LogP contribution in [0.3, 0.4) is 0 Å². The third-order valence-corrected chi connectivity index (χ3v) is 7.35. The number of esters is 1. The average molecular weight is 629 g/mol. The quantitative estimate of drug-likeness (QED) is 0.0913. The van der Waals surface area contributed by atoms with Crippen LogP contribution in [-0.4, -0.2) is 78.0 Å². The number of unbranched alkanes of at least 4 members (excludes halogenated alkanes) is 2. The van der Waals surface area contributed by atoms with Crippen molar-refractivity contribution in [3.63, 3.8) is 0 Å². The molecule has 0 aliphatic carbocycles. The molecule has 14 nitrogen and oxygen atoms in total. The van der Waals surface area contributed by atoms with Gasteiger partial charge in [0.05, 0.1) is 0 Å². The van der Waals surface area contributed by atoms with Crippen molar-refractivity contribution < 1.29 is 38.2 Å². The largest absolute Gasteiger partial charge is 0.461 e. The molecule has 1 aromatic carbocycles. The molecule has 0 radical (unpaired) electrons. The maximum absolute atomic E-state index is 13.3. The Balaban J connectivity index is 1.50. The molecule has 0 aromatic heterocycles. The number of nitrogens with zero attached hydrogens (tertiary/aromatic N) is 1. The van der Waals surface area contributed by atoms with Crippen molar-refractivity contribution in [2.24, 2.45) is 11.7 Å². The van der Waals surface area contributed by atoms with Crippen molar-refractivity contribution in [3.05, 3.63) is 42.0 Å². The highest BCUT2D eigenvalue weighted by molar-refractivity contribution is 5.98. The summed E-state index contributed by atoms with van der Waals surface area (Å²) in [6, 6.07) is 4.17. The van der Waals surface area contributed by atoms with Gasteiger partial charge in [0, 0.05) is 38.2 Å². The second kappa shape index (κ2) is 17.1. The first-order valence-corrected chi connectivity index (χ1v) is 15.2. The predicted molar refractivity (Wildman–Crippen MR) is 164 cm³/mol. The normalized spacial score (nSPS) is 18.0. The lowest BCUT2D eigenvalue weighted by atomic mass is 10.0. The molecule has 6 amide bonds. The molecule has 6 N–H and O–H groups in total. The van der Waals surface area contributed by atoms with Crippen molar-refractivity contribution in [1.29, 1.82) is 0 Å². The predicted octanol–water partition coefficient (Wildman–Crippen LogP) is 1.45. The molecule has 246 valence electrons. The molecule has 0 bridgehead atoms. The summed E-state index contributed by atoms with van der Waals surface area (Å²) in [5.41, 5.74) is 6.34. The van der Waals surface area contributed by atoms with Gasteiger partial charge in [-0.2, -0.15) is 0 Å². The monoisotopic (exact) mass is 628 g/mol. The minimum Gasteiger partial charge on any atom is -0.461 e. The molecule has 0 saturated carbocycles. The Kier molecular flexibility index (Phi) is 13.3. The number of nitrogens with one attached hydrogen (secondary N) is 4. The van der Waals surface area contributed by atoms with Crippen molar-refractivity contribution in [1.82, 2.24) is 20.9 Å². The Hall–Kier alpha value is -4.46. The number of fused-ring (bicyclic) bond motifs is 1. The number of carbonyl (C=O) groups excluding carboxylic acids is 6. The SMILES string of the molecule is CC(=O)OCc1ccc(NC(=O)[C@H](CCCNC(N)=O)NC(=O)[C@@H](NC(=O)CCCCCN2C(=O)C=CC3OC32)C(C)C)cc1. The third-order valence-electron chi connectivity index (χ3n) is 7.35. The van der Waals surface area contributed by atoms with Gasteiger partial charge in [0.25, 0.3) is 0 Å². The van der Waals surface area contributed by atoms with Gasteiger partial charge in [-0.25, -0.2) is 4.79 Å². The summed E-state index contributed by atoms with van der Waals surface area (Å²) in [4.78, 5) is 75.1. The highest BCUT2D eigenvalue weighted by Crippen LogP contribution is 2.31. The number of amides is 6. The van der Waals surface area contributed by atoms with Gasteiger partial charge in [0.1, 0.15) is 24.8 Å². The highest BCUT2D eigenvalue weighted by Gasteiger charge is 2.46. The molecule has 0 spiro atoms. The highest BCUT2D eigenvalue weighted by atomic mass is 16.6. The molecule has 1 saturated heterocycles. The Bertz CT molecular complexity index is 1250. The van der Waals surface area contributed by atoms with Crippen LogP contribution in [0, 0.1) is 5.92 Å². The van der Waals surface area contributed by atoms with Gasteiger partial charge < -0.3 is 41.4 Å². The summed E-state index contributed by atoms with van der Waals surface area (Å²) < 4.78 is 10.4.